The Labute approximate surface area is 101 Å². The number of halogens is 1. The van der Waals surface area contributed by atoms with Gasteiger partial charge in [0, 0.05) is 24.6 Å². The monoisotopic (exact) mass is 251 g/mol. The minimum absolute atomic E-state index is 0.170. The lowest BCUT2D eigenvalue weighted by Crippen LogP contribution is -2.32. The Morgan fingerprint density at radius 3 is 2.83 bits per heavy atom. The lowest BCUT2D eigenvalue weighted by molar-refractivity contribution is -0.121. The maximum atomic E-state index is 13.0. The molecule has 0 saturated carbocycles. The molecule has 1 aromatic rings. The van der Waals surface area contributed by atoms with Crippen LogP contribution in [0.25, 0.3) is 0 Å². The first-order valence-electron chi connectivity index (χ1n) is 5.21. The maximum absolute atomic E-state index is 13.0. The van der Waals surface area contributed by atoms with Crippen molar-refractivity contribution in [1.82, 2.24) is 5.43 Å². The highest BCUT2D eigenvalue weighted by Crippen LogP contribution is 2.19. The molecule has 2 amide bonds. The summed E-state index contributed by atoms with van der Waals surface area (Å²) in [5.74, 6) is -2.08. The molecule has 2 rings (SSSR count). The summed E-state index contributed by atoms with van der Waals surface area (Å²) in [5, 5.41) is 15.0. The lowest BCUT2D eigenvalue weighted by atomic mass is 10.1. The van der Waals surface area contributed by atoms with Gasteiger partial charge in [-0.1, -0.05) is 0 Å². The molecule has 0 radical (unpaired) electrons. The molecule has 6 nitrogen and oxygen atoms in total. The van der Waals surface area contributed by atoms with Crippen LogP contribution in [0.5, 0.6) is 5.75 Å². The molecular weight excluding hydrogens is 241 g/mol. The van der Waals surface area contributed by atoms with Crippen LogP contribution >= 0.6 is 0 Å². The zero-order valence-electron chi connectivity index (χ0n) is 9.24. The minimum Gasteiger partial charge on any atom is -0.505 e. The van der Waals surface area contributed by atoms with Gasteiger partial charge < -0.3 is 10.4 Å². The number of phenolic OH excluding ortho intramolecular Hbond substituents is 1. The Morgan fingerprint density at radius 2 is 2.22 bits per heavy atom. The molecular formula is C11H10FN3O3. The fourth-order valence-electron chi connectivity index (χ4n) is 1.43. The number of phenols is 1. The van der Waals surface area contributed by atoms with Crippen molar-refractivity contribution < 1.29 is 19.1 Å². The summed E-state index contributed by atoms with van der Waals surface area (Å²) in [6.45, 7) is 0. The number of rotatable bonds is 2. The van der Waals surface area contributed by atoms with Crippen LogP contribution in [-0.2, 0) is 9.59 Å². The van der Waals surface area contributed by atoms with E-state index in [0.717, 1.165) is 12.1 Å². The highest BCUT2D eigenvalue weighted by molar-refractivity contribution is 6.43. The van der Waals surface area contributed by atoms with Crippen LogP contribution in [0.4, 0.5) is 10.1 Å². The highest BCUT2D eigenvalue weighted by atomic mass is 19.1. The van der Waals surface area contributed by atoms with Gasteiger partial charge in [-0.05, 0) is 12.1 Å². The summed E-state index contributed by atoms with van der Waals surface area (Å²) >= 11 is 0. The number of nitrogens with one attached hydrogen (secondary N) is 2. The highest BCUT2D eigenvalue weighted by Gasteiger charge is 2.18. The average molecular weight is 251 g/mol. The van der Waals surface area contributed by atoms with Crippen molar-refractivity contribution in [2.75, 3.05) is 5.32 Å². The van der Waals surface area contributed by atoms with Gasteiger partial charge in [0.25, 0.3) is 5.91 Å². The molecule has 1 aliphatic rings. The van der Waals surface area contributed by atoms with E-state index in [1.807, 2.05) is 0 Å². The van der Waals surface area contributed by atoms with E-state index in [2.05, 4.69) is 15.8 Å². The molecule has 18 heavy (non-hydrogen) atoms. The van der Waals surface area contributed by atoms with E-state index >= 15 is 0 Å². The molecule has 0 bridgehead atoms. The molecule has 3 N–H and O–H groups in total. The number of carbonyl (C=O) groups excluding carboxylic acids is 2. The SMILES string of the molecule is O=C1CCC(C(=O)Nc2ccc(O)c(F)c2)=NN1. The van der Waals surface area contributed by atoms with Gasteiger partial charge in [-0.25, -0.2) is 9.82 Å². The van der Waals surface area contributed by atoms with Crippen molar-refractivity contribution in [1.29, 1.82) is 0 Å². The molecule has 94 valence electrons. The Bertz CT molecular complexity index is 542. The fraction of sp³-hybridized carbons (Fsp3) is 0.182. The molecule has 0 unspecified atom stereocenters. The lowest BCUT2D eigenvalue weighted by Gasteiger charge is -2.12. The third-order valence-electron chi connectivity index (χ3n) is 2.37. The molecule has 0 spiro atoms. The topological polar surface area (TPSA) is 90.8 Å². The Morgan fingerprint density at radius 1 is 1.44 bits per heavy atom. The third kappa shape index (κ3) is 2.62. The Hall–Kier alpha value is -2.44. The number of benzene rings is 1. The van der Waals surface area contributed by atoms with Crippen molar-refractivity contribution in [2.45, 2.75) is 12.8 Å². The first-order valence-corrected chi connectivity index (χ1v) is 5.21. The second-order valence-corrected chi connectivity index (χ2v) is 3.71. The zero-order valence-corrected chi connectivity index (χ0v) is 9.24. The molecule has 1 aromatic carbocycles. The number of anilines is 1. The summed E-state index contributed by atoms with van der Waals surface area (Å²) in [5.41, 5.74) is 2.57. The van der Waals surface area contributed by atoms with Gasteiger partial charge in [0.05, 0.1) is 0 Å². The zero-order chi connectivity index (χ0) is 13.1. The number of hydrogen-bond donors (Lipinski definition) is 3. The average Bonchev–Trinajstić information content (AvgIpc) is 2.34. The Kier molecular flexibility index (Phi) is 3.22. The van der Waals surface area contributed by atoms with E-state index in [4.69, 9.17) is 5.11 Å². The summed E-state index contributed by atoms with van der Waals surface area (Å²) in [4.78, 5) is 22.5. The van der Waals surface area contributed by atoms with Gasteiger partial charge in [-0.2, -0.15) is 5.10 Å². The number of amides is 2. The number of aromatic hydroxyl groups is 1. The maximum Gasteiger partial charge on any atom is 0.271 e. The van der Waals surface area contributed by atoms with E-state index in [1.54, 1.807) is 0 Å². The van der Waals surface area contributed by atoms with Crippen LogP contribution in [0, 0.1) is 5.82 Å². The molecule has 0 aromatic heterocycles. The molecule has 7 heteroatoms. The summed E-state index contributed by atoms with van der Waals surface area (Å²) in [6, 6.07) is 3.49. The van der Waals surface area contributed by atoms with Crippen molar-refractivity contribution >= 4 is 23.2 Å². The minimum atomic E-state index is -0.827. The summed E-state index contributed by atoms with van der Waals surface area (Å²) < 4.78 is 13.0. The number of carbonyl (C=O) groups is 2. The van der Waals surface area contributed by atoms with Crippen LogP contribution in [0.15, 0.2) is 23.3 Å². The van der Waals surface area contributed by atoms with Gasteiger partial charge in [-0.15, -0.1) is 0 Å². The van der Waals surface area contributed by atoms with Crippen LogP contribution in [-0.4, -0.2) is 22.6 Å². The molecule has 1 heterocycles. The van der Waals surface area contributed by atoms with Crippen molar-refractivity contribution in [2.24, 2.45) is 5.10 Å². The van der Waals surface area contributed by atoms with Gasteiger partial charge >= 0.3 is 0 Å². The van der Waals surface area contributed by atoms with Crippen molar-refractivity contribution in [3.63, 3.8) is 0 Å². The number of nitrogens with zero attached hydrogens (tertiary/aromatic N) is 1. The predicted octanol–water partition coefficient (Wildman–Crippen LogP) is 0.736. The largest absolute Gasteiger partial charge is 0.505 e. The molecule has 0 saturated heterocycles. The second-order valence-electron chi connectivity index (χ2n) is 3.71. The summed E-state index contributed by atoms with van der Waals surface area (Å²) in [7, 11) is 0. The summed E-state index contributed by atoms with van der Waals surface area (Å²) in [6.07, 6.45) is 0.425. The van der Waals surface area contributed by atoms with E-state index in [1.165, 1.54) is 6.07 Å². The standard InChI is InChI=1S/C11H10FN3O3/c12-7-5-6(1-3-9(7)16)13-11(18)8-2-4-10(17)15-14-8/h1,3,5,16H,2,4H2,(H,13,18)(H,15,17). The van der Waals surface area contributed by atoms with Gasteiger partial charge in [0.15, 0.2) is 11.6 Å². The first kappa shape index (κ1) is 12.0. The van der Waals surface area contributed by atoms with E-state index < -0.39 is 17.5 Å². The molecule has 1 aliphatic heterocycles. The van der Waals surface area contributed by atoms with Crippen molar-refractivity contribution in [3.8, 4) is 5.75 Å². The van der Waals surface area contributed by atoms with E-state index in [0.29, 0.717) is 0 Å². The van der Waals surface area contributed by atoms with Gasteiger partial charge in [0.1, 0.15) is 5.71 Å². The third-order valence-corrected chi connectivity index (χ3v) is 2.37. The quantitative estimate of drug-likeness (QED) is 0.677. The normalized spacial score (nSPS) is 14.7. The predicted molar refractivity (Wildman–Crippen MR) is 61.5 cm³/mol. The first-order chi connectivity index (χ1) is 8.56. The smallest absolute Gasteiger partial charge is 0.271 e. The van der Waals surface area contributed by atoms with Crippen LogP contribution in [0.2, 0.25) is 0 Å². The van der Waals surface area contributed by atoms with Gasteiger partial charge in [-0.3, -0.25) is 9.59 Å². The van der Waals surface area contributed by atoms with Crippen molar-refractivity contribution in [3.05, 3.63) is 24.0 Å². The molecule has 0 aliphatic carbocycles. The van der Waals surface area contributed by atoms with Gasteiger partial charge in [0.2, 0.25) is 5.91 Å². The molecule has 0 atom stereocenters. The fourth-order valence-corrected chi connectivity index (χ4v) is 1.43. The van der Waals surface area contributed by atoms with E-state index in [9.17, 15) is 14.0 Å². The van der Waals surface area contributed by atoms with Crippen LogP contribution in [0.3, 0.4) is 0 Å². The second kappa shape index (κ2) is 4.82. The van der Waals surface area contributed by atoms with Crippen LogP contribution < -0.4 is 10.7 Å². The Balaban J connectivity index is 2.07. The molecule has 0 fully saturated rings. The van der Waals surface area contributed by atoms with E-state index in [-0.39, 0.29) is 30.1 Å². The number of hydrazone groups is 1. The van der Waals surface area contributed by atoms with Crippen LogP contribution in [0.1, 0.15) is 12.8 Å². The number of hydrogen-bond acceptors (Lipinski definition) is 4.